The third-order valence-electron chi connectivity index (χ3n) is 6.12. The Morgan fingerprint density at radius 2 is 1.75 bits per heavy atom. The maximum absolute atomic E-state index is 13.6. The van der Waals surface area contributed by atoms with Gasteiger partial charge in [-0.1, -0.05) is 53.8 Å². The molecule has 5 rings (SSSR count). The Hall–Kier alpha value is -3.02. The van der Waals surface area contributed by atoms with Crippen LogP contribution >= 0.6 is 11.3 Å². The molecule has 1 saturated heterocycles. The fraction of sp³-hybridized carbons (Fsp3) is 0.259. The van der Waals surface area contributed by atoms with Crippen LogP contribution in [0.25, 0.3) is 21.3 Å². The number of hydrogen-bond acceptors (Lipinski definition) is 4. The summed E-state index contributed by atoms with van der Waals surface area (Å²) in [6.45, 7) is 5.49. The number of thiazole rings is 1. The van der Waals surface area contributed by atoms with Gasteiger partial charge in [0.15, 0.2) is 5.13 Å². The standard InChI is InChI=1S/C27H26N2O2S/c1-18-15-24-25(16-19(18)2)32-27(28-24)29(17-23-9-6-14-31-23)26(30)22-12-10-21(11-13-22)20-7-4-3-5-8-20/h3-5,7-8,10-13,15-16,23H,6,9,14,17H2,1-2H3. The molecule has 3 aromatic carbocycles. The second-order valence-corrected chi connectivity index (χ2v) is 9.40. The van der Waals surface area contributed by atoms with E-state index in [1.54, 1.807) is 11.3 Å². The highest BCUT2D eigenvalue weighted by Crippen LogP contribution is 2.33. The van der Waals surface area contributed by atoms with Crippen molar-refractivity contribution in [2.45, 2.75) is 32.8 Å². The lowest BCUT2D eigenvalue weighted by molar-refractivity contribution is 0.0917. The van der Waals surface area contributed by atoms with E-state index in [9.17, 15) is 4.79 Å². The SMILES string of the molecule is Cc1cc2nc(N(CC3CCCO3)C(=O)c3ccc(-c4ccccc4)cc3)sc2cc1C. The summed E-state index contributed by atoms with van der Waals surface area (Å²) in [5.41, 5.74) is 6.29. The summed E-state index contributed by atoms with van der Waals surface area (Å²) in [6.07, 6.45) is 2.06. The molecule has 32 heavy (non-hydrogen) atoms. The fourth-order valence-corrected chi connectivity index (χ4v) is 5.17. The third kappa shape index (κ3) is 4.18. The summed E-state index contributed by atoms with van der Waals surface area (Å²) in [7, 11) is 0. The van der Waals surface area contributed by atoms with Crippen LogP contribution in [0, 0.1) is 13.8 Å². The topological polar surface area (TPSA) is 42.4 Å². The predicted octanol–water partition coefficient (Wildman–Crippen LogP) is 6.41. The highest BCUT2D eigenvalue weighted by atomic mass is 32.1. The zero-order valence-corrected chi connectivity index (χ0v) is 19.2. The van der Waals surface area contributed by atoms with E-state index in [0.717, 1.165) is 45.9 Å². The van der Waals surface area contributed by atoms with Crippen molar-refractivity contribution in [2.75, 3.05) is 18.1 Å². The second-order valence-electron chi connectivity index (χ2n) is 8.39. The van der Waals surface area contributed by atoms with E-state index >= 15 is 0 Å². The maximum Gasteiger partial charge on any atom is 0.260 e. The number of fused-ring (bicyclic) bond motifs is 1. The van der Waals surface area contributed by atoms with Crippen molar-refractivity contribution >= 4 is 32.6 Å². The van der Waals surface area contributed by atoms with Crippen LogP contribution in [0.1, 0.15) is 34.3 Å². The number of carbonyl (C=O) groups excluding carboxylic acids is 1. The Morgan fingerprint density at radius 3 is 2.47 bits per heavy atom. The van der Waals surface area contributed by atoms with Gasteiger partial charge in [0.1, 0.15) is 0 Å². The minimum absolute atomic E-state index is 0.0346. The van der Waals surface area contributed by atoms with Crippen LogP contribution in [-0.2, 0) is 4.74 Å². The summed E-state index contributed by atoms with van der Waals surface area (Å²) in [5, 5.41) is 0.734. The molecule has 162 valence electrons. The first-order valence-corrected chi connectivity index (χ1v) is 11.9. The molecule has 2 heterocycles. The van der Waals surface area contributed by atoms with Gasteiger partial charge in [-0.25, -0.2) is 4.98 Å². The van der Waals surface area contributed by atoms with E-state index in [1.807, 2.05) is 47.4 Å². The largest absolute Gasteiger partial charge is 0.376 e. The molecule has 4 aromatic rings. The van der Waals surface area contributed by atoms with E-state index < -0.39 is 0 Å². The molecule has 5 heteroatoms. The van der Waals surface area contributed by atoms with Crippen molar-refractivity contribution < 1.29 is 9.53 Å². The van der Waals surface area contributed by atoms with Gasteiger partial charge in [-0.2, -0.15) is 0 Å². The Kier molecular flexibility index (Phi) is 5.77. The summed E-state index contributed by atoms with van der Waals surface area (Å²) >= 11 is 1.57. The van der Waals surface area contributed by atoms with Crippen LogP contribution in [0.5, 0.6) is 0 Å². The quantitative estimate of drug-likeness (QED) is 0.359. The first-order chi connectivity index (χ1) is 15.6. The Morgan fingerprint density at radius 1 is 1.03 bits per heavy atom. The van der Waals surface area contributed by atoms with Crippen LogP contribution in [0.15, 0.2) is 66.7 Å². The van der Waals surface area contributed by atoms with E-state index in [4.69, 9.17) is 9.72 Å². The van der Waals surface area contributed by atoms with Gasteiger partial charge in [-0.15, -0.1) is 0 Å². The van der Waals surface area contributed by atoms with Gasteiger partial charge < -0.3 is 4.74 Å². The molecule has 1 aromatic heterocycles. The zero-order chi connectivity index (χ0) is 22.1. The summed E-state index contributed by atoms with van der Waals surface area (Å²) in [4.78, 5) is 20.3. The van der Waals surface area contributed by atoms with Crippen molar-refractivity contribution in [3.05, 3.63) is 83.4 Å². The Bertz CT molecular complexity index is 1200. The molecule has 0 bridgehead atoms. The Labute approximate surface area is 192 Å². The van der Waals surface area contributed by atoms with Gasteiger partial charge in [0.25, 0.3) is 5.91 Å². The minimum atomic E-state index is -0.0346. The summed E-state index contributed by atoms with van der Waals surface area (Å²) in [5.74, 6) is -0.0346. The number of hydrogen-bond donors (Lipinski definition) is 0. The van der Waals surface area contributed by atoms with Gasteiger partial charge in [0.05, 0.1) is 22.9 Å². The molecule has 1 aliphatic rings. The van der Waals surface area contributed by atoms with Gasteiger partial charge >= 0.3 is 0 Å². The summed E-state index contributed by atoms with van der Waals surface area (Å²) in [6, 6.07) is 22.3. The van der Waals surface area contributed by atoms with Crippen LogP contribution in [0.3, 0.4) is 0 Å². The molecule has 1 unspecified atom stereocenters. The molecular formula is C27H26N2O2S. The Balaban J connectivity index is 1.48. The van der Waals surface area contributed by atoms with Crippen LogP contribution < -0.4 is 4.90 Å². The maximum atomic E-state index is 13.6. The van der Waals surface area contributed by atoms with Crippen LogP contribution in [0.2, 0.25) is 0 Å². The number of carbonyl (C=O) groups is 1. The lowest BCUT2D eigenvalue weighted by atomic mass is 10.0. The number of rotatable bonds is 5. The molecule has 1 aliphatic heterocycles. The van der Waals surface area contributed by atoms with Crippen LogP contribution in [-0.4, -0.2) is 30.1 Å². The lowest BCUT2D eigenvalue weighted by Crippen LogP contribution is -2.37. The average Bonchev–Trinajstić information content (AvgIpc) is 3.48. The number of benzene rings is 3. The van der Waals surface area contributed by atoms with Crippen molar-refractivity contribution in [3.63, 3.8) is 0 Å². The monoisotopic (exact) mass is 442 g/mol. The molecule has 1 amide bonds. The van der Waals surface area contributed by atoms with Crippen molar-refractivity contribution in [1.29, 1.82) is 0 Å². The zero-order valence-electron chi connectivity index (χ0n) is 18.4. The molecule has 0 aliphatic carbocycles. The number of amides is 1. The van der Waals surface area contributed by atoms with Gasteiger partial charge in [0.2, 0.25) is 0 Å². The lowest BCUT2D eigenvalue weighted by Gasteiger charge is -2.23. The molecule has 0 saturated carbocycles. The van der Waals surface area contributed by atoms with E-state index in [1.165, 1.54) is 11.1 Å². The number of ether oxygens (including phenoxy) is 1. The average molecular weight is 443 g/mol. The van der Waals surface area contributed by atoms with Crippen molar-refractivity contribution in [3.8, 4) is 11.1 Å². The van der Waals surface area contributed by atoms with E-state index in [2.05, 4.69) is 38.1 Å². The highest BCUT2D eigenvalue weighted by Gasteiger charge is 2.27. The number of aromatic nitrogens is 1. The summed E-state index contributed by atoms with van der Waals surface area (Å²) < 4.78 is 6.97. The van der Waals surface area contributed by atoms with Gasteiger partial charge in [-0.05, 0) is 73.2 Å². The number of aryl methyl sites for hydroxylation is 2. The second kappa shape index (κ2) is 8.85. The van der Waals surface area contributed by atoms with Crippen molar-refractivity contribution in [2.24, 2.45) is 0 Å². The third-order valence-corrected chi connectivity index (χ3v) is 7.16. The van der Waals surface area contributed by atoms with E-state index in [-0.39, 0.29) is 12.0 Å². The van der Waals surface area contributed by atoms with Crippen LogP contribution in [0.4, 0.5) is 5.13 Å². The molecule has 4 nitrogen and oxygen atoms in total. The first kappa shape index (κ1) is 20.9. The predicted molar refractivity (Wildman–Crippen MR) is 132 cm³/mol. The molecule has 0 N–H and O–H groups in total. The first-order valence-electron chi connectivity index (χ1n) is 11.1. The van der Waals surface area contributed by atoms with E-state index in [0.29, 0.717) is 12.1 Å². The van der Waals surface area contributed by atoms with Crippen molar-refractivity contribution in [1.82, 2.24) is 4.98 Å². The minimum Gasteiger partial charge on any atom is -0.376 e. The smallest absolute Gasteiger partial charge is 0.260 e. The normalized spacial score (nSPS) is 15.9. The molecule has 1 fully saturated rings. The molecular weight excluding hydrogens is 416 g/mol. The molecule has 0 radical (unpaired) electrons. The highest BCUT2D eigenvalue weighted by molar-refractivity contribution is 7.22. The fourth-order valence-electron chi connectivity index (χ4n) is 4.11. The number of nitrogens with zero attached hydrogens (tertiary/aromatic N) is 2. The van der Waals surface area contributed by atoms with Gasteiger partial charge in [-0.3, -0.25) is 9.69 Å². The molecule has 1 atom stereocenters. The number of anilines is 1. The van der Waals surface area contributed by atoms with Gasteiger partial charge in [0, 0.05) is 12.2 Å². The molecule has 0 spiro atoms.